The fraction of sp³-hybridized carbons (Fsp3) is 0.760. The van der Waals surface area contributed by atoms with Crippen molar-refractivity contribution in [3.8, 4) is 0 Å². The van der Waals surface area contributed by atoms with E-state index in [1.807, 2.05) is 7.11 Å². The van der Waals surface area contributed by atoms with Crippen molar-refractivity contribution in [1.82, 2.24) is 4.90 Å². The lowest BCUT2D eigenvalue weighted by Crippen LogP contribution is -2.67. The van der Waals surface area contributed by atoms with E-state index in [0.29, 0.717) is 53.4 Å². The summed E-state index contributed by atoms with van der Waals surface area (Å²) in [6, 6.07) is 20.6. The number of hydrogen-bond acceptors (Lipinski definition) is 5. The molecule has 0 amide bonds. The highest BCUT2D eigenvalue weighted by atomic mass is 16.5. The van der Waals surface area contributed by atoms with E-state index in [-0.39, 0.29) is 29.0 Å². The molecule has 0 radical (unpaired) electrons. The van der Waals surface area contributed by atoms with Crippen LogP contribution in [0.15, 0.2) is 54.6 Å². The number of benzene rings is 2. The summed E-state index contributed by atoms with van der Waals surface area (Å²) in [5.74, 6) is 5.57. The van der Waals surface area contributed by atoms with Crippen molar-refractivity contribution < 1.29 is 20.1 Å². The SMILES string of the molecule is COCCC[C@H](C[C@@H]1CC[C@@]2(C1)C[C@]1(C)[C@@H]3C[C@H]4[C@H](CC[C@@H]5[C@H]4CN4C[C@H](C)CC[C@@H]4[C@@]5(C)O)[C@@H]3C[C@H](O)[C@@H]1C[C@H]2O)c1ccc(Cc2ccccc2)cc1. The van der Waals surface area contributed by atoms with Crippen LogP contribution in [-0.2, 0) is 11.2 Å². The minimum atomic E-state index is -0.600. The molecule has 0 aromatic heterocycles. The van der Waals surface area contributed by atoms with E-state index in [4.69, 9.17) is 4.74 Å². The van der Waals surface area contributed by atoms with Gasteiger partial charge < -0.3 is 20.1 Å². The molecule has 5 nitrogen and oxygen atoms in total. The third-order valence-corrected chi connectivity index (χ3v) is 18.4. The van der Waals surface area contributed by atoms with Gasteiger partial charge in [-0.05, 0) is 190 Å². The molecule has 0 unspecified atom stereocenters. The van der Waals surface area contributed by atoms with Crippen LogP contribution >= 0.6 is 0 Å². The maximum Gasteiger partial charge on any atom is 0.0805 e. The first-order valence-electron chi connectivity index (χ1n) is 22.9. The summed E-state index contributed by atoms with van der Waals surface area (Å²) in [5.41, 5.74) is 3.62. The van der Waals surface area contributed by atoms with E-state index in [1.54, 1.807) is 0 Å². The second-order valence-electron chi connectivity index (χ2n) is 21.3. The lowest BCUT2D eigenvalue weighted by Gasteiger charge is -2.60. The molecule has 0 bridgehead atoms. The van der Waals surface area contributed by atoms with Crippen LogP contribution in [0.1, 0.15) is 133 Å². The van der Waals surface area contributed by atoms with Gasteiger partial charge in [0.2, 0.25) is 0 Å². The molecule has 5 saturated carbocycles. The molecule has 3 N–H and O–H groups in total. The maximum absolute atomic E-state index is 12.2. The highest BCUT2D eigenvalue weighted by molar-refractivity contribution is 5.30. The molecule has 5 aliphatic carbocycles. The van der Waals surface area contributed by atoms with Crippen molar-refractivity contribution in [2.24, 2.45) is 64.1 Å². The topological polar surface area (TPSA) is 73.2 Å². The minimum absolute atomic E-state index is 0.0316. The zero-order valence-electron chi connectivity index (χ0n) is 34.6. The van der Waals surface area contributed by atoms with Crippen molar-refractivity contribution >= 4 is 0 Å². The molecule has 5 heteroatoms. The normalized spacial score (nSPS) is 45.7. The van der Waals surface area contributed by atoms with Gasteiger partial charge in [-0.3, -0.25) is 4.90 Å². The molecule has 302 valence electrons. The zero-order valence-corrected chi connectivity index (χ0v) is 34.6. The predicted molar refractivity (Wildman–Crippen MR) is 221 cm³/mol. The molecule has 2 aromatic rings. The summed E-state index contributed by atoms with van der Waals surface area (Å²) in [4.78, 5) is 2.71. The summed E-state index contributed by atoms with van der Waals surface area (Å²) >= 11 is 0. The van der Waals surface area contributed by atoms with Crippen LogP contribution in [0.4, 0.5) is 0 Å². The quantitative estimate of drug-likeness (QED) is 0.223. The molecule has 2 heterocycles. The van der Waals surface area contributed by atoms with Gasteiger partial charge in [0.15, 0.2) is 0 Å². The zero-order chi connectivity index (χ0) is 38.1. The molecule has 2 aliphatic heterocycles. The Morgan fingerprint density at radius 2 is 1.58 bits per heavy atom. The number of ether oxygens (including phenoxy) is 1. The average Bonchev–Trinajstić information content (AvgIpc) is 3.75. The van der Waals surface area contributed by atoms with E-state index in [2.05, 4.69) is 80.3 Å². The first kappa shape index (κ1) is 38.7. The van der Waals surface area contributed by atoms with Crippen LogP contribution < -0.4 is 0 Å². The Balaban J connectivity index is 0.920. The van der Waals surface area contributed by atoms with Gasteiger partial charge in [0.1, 0.15) is 0 Å². The number of methoxy groups -OCH3 is 1. The van der Waals surface area contributed by atoms with Crippen molar-refractivity contribution in [3.63, 3.8) is 0 Å². The molecular formula is C50H73NO4. The number of rotatable bonds is 9. The number of piperidine rings is 2. The molecule has 2 aromatic carbocycles. The van der Waals surface area contributed by atoms with Crippen LogP contribution in [0.5, 0.6) is 0 Å². The Bertz CT molecular complexity index is 1610. The van der Waals surface area contributed by atoms with Gasteiger partial charge in [-0.15, -0.1) is 0 Å². The number of aliphatic hydroxyl groups excluding tert-OH is 2. The van der Waals surface area contributed by atoms with E-state index >= 15 is 0 Å². The van der Waals surface area contributed by atoms with Gasteiger partial charge in [-0.1, -0.05) is 68.4 Å². The van der Waals surface area contributed by atoms with Gasteiger partial charge in [0.25, 0.3) is 0 Å². The Morgan fingerprint density at radius 1 is 0.800 bits per heavy atom. The van der Waals surface area contributed by atoms with Crippen LogP contribution in [0.25, 0.3) is 0 Å². The molecule has 1 spiro atoms. The van der Waals surface area contributed by atoms with Crippen LogP contribution in [0.2, 0.25) is 0 Å². The standard InChI is InChI=1S/C50H73NO4/c1-32-12-19-46-49(3,54)42-18-17-38-39(41(42)30-51(46)29-32)25-43-40(38)26-45(52)44-27-47(53)50(31-48(43,44)2)21-20-35(28-50)24-37(11-8-22-55-4)36-15-13-34(14-16-36)23-33-9-6-5-7-10-33/h5-7,9-10,13-16,32,35,37-47,52-54H,8,11-12,17-31H2,1-4H3/t32-,35+,37-,38+,39+,40+,41+,42-,43-,44+,45+,46-,47-,48-,49+,50-/m1/s1. The molecular weight excluding hydrogens is 679 g/mol. The largest absolute Gasteiger partial charge is 0.393 e. The van der Waals surface area contributed by atoms with E-state index in [1.165, 1.54) is 55.3 Å². The van der Waals surface area contributed by atoms with E-state index in [9.17, 15) is 15.3 Å². The van der Waals surface area contributed by atoms with Gasteiger partial charge in [0.05, 0.1) is 17.8 Å². The molecule has 55 heavy (non-hydrogen) atoms. The second kappa shape index (κ2) is 15.1. The number of fused-ring (bicyclic) bond motifs is 8. The van der Waals surface area contributed by atoms with Crippen LogP contribution in [0, 0.1) is 64.1 Å². The molecule has 2 saturated heterocycles. The smallest absolute Gasteiger partial charge is 0.0805 e. The summed E-state index contributed by atoms with van der Waals surface area (Å²) in [6.07, 6.45) is 16.1. The van der Waals surface area contributed by atoms with Gasteiger partial charge in [-0.25, -0.2) is 0 Å². The summed E-state index contributed by atoms with van der Waals surface area (Å²) < 4.78 is 5.53. The highest BCUT2D eigenvalue weighted by Gasteiger charge is 2.67. The van der Waals surface area contributed by atoms with E-state index in [0.717, 1.165) is 83.3 Å². The summed E-state index contributed by atoms with van der Waals surface area (Å²) in [5, 5.41) is 36.4. The van der Waals surface area contributed by atoms with Crippen molar-refractivity contribution in [3.05, 3.63) is 71.3 Å². The number of nitrogens with zero attached hydrogens (tertiary/aromatic N) is 1. The fourth-order valence-electron chi connectivity index (χ4n) is 16.0. The fourth-order valence-corrected chi connectivity index (χ4v) is 16.0. The Labute approximate surface area is 333 Å². The van der Waals surface area contributed by atoms with Gasteiger partial charge in [0, 0.05) is 32.8 Å². The first-order valence-corrected chi connectivity index (χ1v) is 22.9. The molecule has 7 aliphatic rings. The van der Waals surface area contributed by atoms with Gasteiger partial charge in [-0.2, -0.15) is 0 Å². The molecule has 7 fully saturated rings. The van der Waals surface area contributed by atoms with E-state index < -0.39 is 5.60 Å². The predicted octanol–water partition coefficient (Wildman–Crippen LogP) is 9.27. The number of hydrogen-bond donors (Lipinski definition) is 3. The Hall–Kier alpha value is -1.76. The molecule has 9 rings (SSSR count). The van der Waals surface area contributed by atoms with Crippen molar-refractivity contribution in [2.75, 3.05) is 26.8 Å². The Kier molecular flexibility index (Phi) is 10.7. The summed E-state index contributed by atoms with van der Waals surface area (Å²) in [6.45, 7) is 10.3. The number of aliphatic hydroxyl groups is 3. The first-order chi connectivity index (χ1) is 26.5. The highest BCUT2D eigenvalue weighted by Crippen LogP contribution is 2.71. The summed E-state index contributed by atoms with van der Waals surface area (Å²) in [7, 11) is 1.82. The minimum Gasteiger partial charge on any atom is -0.393 e. The molecule has 16 atom stereocenters. The third-order valence-electron chi connectivity index (χ3n) is 18.4. The van der Waals surface area contributed by atoms with Crippen molar-refractivity contribution in [2.45, 2.75) is 147 Å². The monoisotopic (exact) mass is 752 g/mol. The third kappa shape index (κ3) is 6.90. The van der Waals surface area contributed by atoms with Crippen LogP contribution in [0.3, 0.4) is 0 Å². The second-order valence-corrected chi connectivity index (χ2v) is 21.3. The Morgan fingerprint density at radius 3 is 2.36 bits per heavy atom. The van der Waals surface area contributed by atoms with Crippen molar-refractivity contribution in [1.29, 1.82) is 0 Å². The average molecular weight is 752 g/mol. The lowest BCUT2D eigenvalue weighted by molar-refractivity contribution is -0.180. The van der Waals surface area contributed by atoms with Crippen LogP contribution in [-0.4, -0.2) is 70.9 Å². The lowest BCUT2D eigenvalue weighted by atomic mass is 9.46. The maximum atomic E-state index is 12.2. The van der Waals surface area contributed by atoms with Gasteiger partial charge >= 0.3 is 0 Å².